The normalized spacial score (nSPS) is 11.3. The van der Waals surface area contributed by atoms with Gasteiger partial charge < -0.3 is 4.57 Å². The predicted molar refractivity (Wildman–Crippen MR) is 92.6 cm³/mol. The minimum Gasteiger partial charge on any atom is -0.338 e. The van der Waals surface area contributed by atoms with Gasteiger partial charge in [0.15, 0.2) is 0 Å². The molecule has 0 fully saturated rings. The van der Waals surface area contributed by atoms with Gasteiger partial charge in [0.05, 0.1) is 11.8 Å². The van der Waals surface area contributed by atoms with Crippen LogP contribution < -0.4 is 5.56 Å². The van der Waals surface area contributed by atoms with Crippen molar-refractivity contribution in [3.8, 4) is 0 Å². The second-order valence-corrected chi connectivity index (χ2v) is 5.75. The van der Waals surface area contributed by atoms with E-state index in [1.165, 1.54) is 5.56 Å². The van der Waals surface area contributed by atoms with Crippen molar-refractivity contribution in [3.05, 3.63) is 76.8 Å². The molecule has 2 aromatic carbocycles. The highest BCUT2D eigenvalue weighted by molar-refractivity contribution is 6.05. The van der Waals surface area contributed by atoms with Crippen LogP contribution in [0.3, 0.4) is 0 Å². The molecule has 114 valence electrons. The molecule has 0 N–H and O–H groups in total. The average molecular weight is 303 g/mol. The third-order valence-corrected chi connectivity index (χ3v) is 4.35. The number of rotatable bonds is 3. The van der Waals surface area contributed by atoms with Crippen LogP contribution in [0.4, 0.5) is 0 Å². The van der Waals surface area contributed by atoms with Gasteiger partial charge in [0, 0.05) is 19.0 Å². The molecular weight excluding hydrogens is 286 g/mol. The van der Waals surface area contributed by atoms with E-state index in [1.54, 1.807) is 10.9 Å². The molecule has 4 rings (SSSR count). The first kappa shape index (κ1) is 13.8. The zero-order valence-electron chi connectivity index (χ0n) is 12.9. The number of benzene rings is 2. The first-order valence-corrected chi connectivity index (χ1v) is 7.72. The topological polar surface area (TPSA) is 39.8 Å². The molecular formula is C19H17N3O. The van der Waals surface area contributed by atoms with Gasteiger partial charge in [0.1, 0.15) is 11.0 Å². The quantitative estimate of drug-likeness (QED) is 0.583. The van der Waals surface area contributed by atoms with Gasteiger partial charge in [0.25, 0.3) is 5.56 Å². The number of hydrogen-bond acceptors (Lipinski definition) is 2. The van der Waals surface area contributed by atoms with Crippen molar-refractivity contribution in [2.75, 3.05) is 0 Å². The number of para-hydroxylation sites is 1. The first-order chi connectivity index (χ1) is 11.3. The Hall–Kier alpha value is -2.88. The molecule has 0 unspecified atom stereocenters. The lowest BCUT2D eigenvalue weighted by Crippen LogP contribution is -2.22. The maximum absolute atomic E-state index is 12.8. The van der Waals surface area contributed by atoms with Crippen molar-refractivity contribution in [3.63, 3.8) is 0 Å². The summed E-state index contributed by atoms with van der Waals surface area (Å²) in [5, 5.41) is 1.03. The molecule has 4 aromatic rings. The summed E-state index contributed by atoms with van der Waals surface area (Å²) in [4.78, 5) is 17.4. The van der Waals surface area contributed by atoms with Crippen LogP contribution in [0.5, 0.6) is 0 Å². The average Bonchev–Trinajstić information content (AvgIpc) is 2.89. The summed E-state index contributed by atoms with van der Waals surface area (Å²) in [6.07, 6.45) is 2.48. The Bertz CT molecular complexity index is 1040. The van der Waals surface area contributed by atoms with E-state index < -0.39 is 0 Å². The van der Waals surface area contributed by atoms with Crippen LogP contribution in [0, 0.1) is 0 Å². The summed E-state index contributed by atoms with van der Waals surface area (Å²) < 4.78 is 3.65. The molecule has 4 heteroatoms. The smallest absolute Gasteiger partial charge is 0.277 e. The van der Waals surface area contributed by atoms with E-state index in [0.717, 1.165) is 22.8 Å². The zero-order valence-corrected chi connectivity index (χ0v) is 12.9. The molecule has 0 aliphatic heterocycles. The summed E-state index contributed by atoms with van der Waals surface area (Å²) in [5.41, 5.74) is 3.72. The number of fused-ring (bicyclic) bond motifs is 3. The molecule has 0 saturated heterocycles. The summed E-state index contributed by atoms with van der Waals surface area (Å²) in [7, 11) is 1.93. The maximum atomic E-state index is 12.8. The highest BCUT2D eigenvalue weighted by Gasteiger charge is 2.13. The van der Waals surface area contributed by atoms with E-state index in [2.05, 4.69) is 17.1 Å². The van der Waals surface area contributed by atoms with E-state index in [1.807, 2.05) is 54.1 Å². The predicted octanol–water partition coefficient (Wildman–Crippen LogP) is 3.13. The van der Waals surface area contributed by atoms with Gasteiger partial charge in [-0.25, -0.2) is 4.98 Å². The Balaban J connectivity index is 1.80. The number of aromatic nitrogens is 3. The van der Waals surface area contributed by atoms with Crippen molar-refractivity contribution in [1.82, 2.24) is 14.1 Å². The molecule has 0 aliphatic carbocycles. The summed E-state index contributed by atoms with van der Waals surface area (Å²) in [5.74, 6) is 0. The molecule has 2 heterocycles. The van der Waals surface area contributed by atoms with Crippen LogP contribution in [0.25, 0.3) is 21.9 Å². The fraction of sp³-hybridized carbons (Fsp3) is 0.158. The second-order valence-electron chi connectivity index (χ2n) is 5.75. The van der Waals surface area contributed by atoms with Gasteiger partial charge in [-0.1, -0.05) is 48.5 Å². The minimum absolute atomic E-state index is 0.0182. The maximum Gasteiger partial charge on any atom is 0.277 e. The summed E-state index contributed by atoms with van der Waals surface area (Å²) >= 11 is 0. The SMILES string of the molecule is Cn1c2ccccc2c2ncn(CCc3ccccc3)c(=O)c21. The highest BCUT2D eigenvalue weighted by Crippen LogP contribution is 2.23. The molecule has 0 saturated carbocycles. The Morgan fingerprint density at radius 3 is 2.57 bits per heavy atom. The van der Waals surface area contributed by atoms with Gasteiger partial charge in [-0.3, -0.25) is 9.36 Å². The zero-order chi connectivity index (χ0) is 15.8. The minimum atomic E-state index is 0.0182. The van der Waals surface area contributed by atoms with Gasteiger partial charge in [-0.05, 0) is 18.1 Å². The lowest BCUT2D eigenvalue weighted by molar-refractivity contribution is 0.659. The van der Waals surface area contributed by atoms with Crippen LogP contribution in [0.15, 0.2) is 65.7 Å². The number of nitrogens with zero attached hydrogens (tertiary/aromatic N) is 3. The Kier molecular flexibility index (Phi) is 3.23. The van der Waals surface area contributed by atoms with Crippen LogP contribution in [0.1, 0.15) is 5.56 Å². The number of hydrogen-bond donors (Lipinski definition) is 0. The van der Waals surface area contributed by atoms with Crippen molar-refractivity contribution < 1.29 is 0 Å². The first-order valence-electron chi connectivity index (χ1n) is 7.72. The molecule has 4 nitrogen and oxygen atoms in total. The monoisotopic (exact) mass is 303 g/mol. The van der Waals surface area contributed by atoms with E-state index in [9.17, 15) is 4.79 Å². The number of aryl methyl sites for hydroxylation is 3. The molecule has 0 radical (unpaired) electrons. The molecule has 23 heavy (non-hydrogen) atoms. The second kappa shape index (κ2) is 5.39. The lowest BCUT2D eigenvalue weighted by Gasteiger charge is -2.06. The fourth-order valence-corrected chi connectivity index (χ4v) is 3.12. The van der Waals surface area contributed by atoms with E-state index >= 15 is 0 Å². The molecule has 0 aliphatic rings. The molecule has 0 amide bonds. The van der Waals surface area contributed by atoms with Gasteiger partial charge >= 0.3 is 0 Å². The third kappa shape index (κ3) is 2.23. The third-order valence-electron chi connectivity index (χ3n) is 4.35. The Morgan fingerprint density at radius 1 is 1.00 bits per heavy atom. The van der Waals surface area contributed by atoms with E-state index in [-0.39, 0.29) is 5.56 Å². The van der Waals surface area contributed by atoms with Crippen LogP contribution >= 0.6 is 0 Å². The van der Waals surface area contributed by atoms with Crippen LogP contribution in [-0.4, -0.2) is 14.1 Å². The van der Waals surface area contributed by atoms with Gasteiger partial charge in [-0.2, -0.15) is 0 Å². The van der Waals surface area contributed by atoms with Crippen LogP contribution in [-0.2, 0) is 20.0 Å². The lowest BCUT2D eigenvalue weighted by atomic mass is 10.1. The van der Waals surface area contributed by atoms with Crippen molar-refractivity contribution in [2.24, 2.45) is 7.05 Å². The summed E-state index contributed by atoms with van der Waals surface area (Å²) in [6, 6.07) is 18.2. The molecule has 0 atom stereocenters. The largest absolute Gasteiger partial charge is 0.338 e. The highest BCUT2D eigenvalue weighted by atomic mass is 16.1. The molecule has 2 aromatic heterocycles. The van der Waals surface area contributed by atoms with Gasteiger partial charge in [-0.15, -0.1) is 0 Å². The van der Waals surface area contributed by atoms with Crippen molar-refractivity contribution >= 4 is 21.9 Å². The molecule has 0 spiro atoms. The van der Waals surface area contributed by atoms with E-state index in [4.69, 9.17) is 0 Å². The van der Waals surface area contributed by atoms with Crippen LogP contribution in [0.2, 0.25) is 0 Å². The standard InChI is InChI=1S/C19H17N3O/c1-21-16-10-6-5-9-15(16)17-18(21)19(23)22(13-20-17)12-11-14-7-3-2-4-8-14/h2-10,13H,11-12H2,1H3. The summed E-state index contributed by atoms with van der Waals surface area (Å²) in [6.45, 7) is 0.632. The van der Waals surface area contributed by atoms with Crippen molar-refractivity contribution in [1.29, 1.82) is 0 Å². The molecule has 0 bridgehead atoms. The van der Waals surface area contributed by atoms with Crippen molar-refractivity contribution in [2.45, 2.75) is 13.0 Å². The van der Waals surface area contributed by atoms with Gasteiger partial charge in [0.2, 0.25) is 0 Å². The van der Waals surface area contributed by atoms with E-state index in [0.29, 0.717) is 12.1 Å². The fourth-order valence-electron chi connectivity index (χ4n) is 3.12. The Labute approximate surface area is 133 Å². The Morgan fingerprint density at radius 2 is 1.74 bits per heavy atom.